The van der Waals surface area contributed by atoms with Gasteiger partial charge in [-0.1, -0.05) is 187 Å². The molecule has 0 radical (unpaired) electrons. The van der Waals surface area contributed by atoms with Gasteiger partial charge in [-0.2, -0.15) is 0 Å². The molecule has 4 aromatic heterocycles. The standard InChI is InChI=1S/C73H51N5/c1-46-20-24-52(25-21-46)65-45-66(75-73(74-65)54-26-22-47(2)23-27-54)53-34-30-50(31-35-53)49-28-32-51(33-29-49)58-39-36-55(42-48(58)3)76-71-40-37-56(77-67-16-8-4-12-59(67)60-13-5-9-17-68(60)77)43-63(71)64-44-57(38-41-72(64)76)78-69-18-10-6-14-61(69)62-15-7-11-19-70(62)78/h4-45H,1-3H3. The van der Waals surface area contributed by atoms with E-state index in [1.807, 2.05) is 0 Å². The second-order valence-electron chi connectivity index (χ2n) is 20.8. The maximum atomic E-state index is 5.10. The predicted octanol–water partition coefficient (Wildman–Crippen LogP) is 19.0. The van der Waals surface area contributed by atoms with Crippen LogP contribution in [0.3, 0.4) is 0 Å². The van der Waals surface area contributed by atoms with Crippen LogP contribution in [0.1, 0.15) is 16.7 Å². The first-order valence-electron chi connectivity index (χ1n) is 26.8. The average Bonchev–Trinajstić information content (AvgIpc) is 4.15. The Hall–Kier alpha value is -10.1. The molecule has 0 fully saturated rings. The van der Waals surface area contributed by atoms with Crippen molar-refractivity contribution in [1.82, 2.24) is 23.7 Å². The van der Waals surface area contributed by atoms with Gasteiger partial charge < -0.3 is 13.7 Å². The molecule has 0 aliphatic carbocycles. The highest BCUT2D eigenvalue weighted by molar-refractivity contribution is 6.14. The van der Waals surface area contributed by atoms with Gasteiger partial charge in [0.25, 0.3) is 0 Å². The monoisotopic (exact) mass is 997 g/mol. The maximum Gasteiger partial charge on any atom is 0.160 e. The van der Waals surface area contributed by atoms with Crippen LogP contribution < -0.4 is 0 Å². The molecule has 0 bridgehead atoms. The minimum absolute atomic E-state index is 0.719. The van der Waals surface area contributed by atoms with E-state index in [4.69, 9.17) is 9.97 Å². The fourth-order valence-corrected chi connectivity index (χ4v) is 12.0. The molecule has 5 heteroatoms. The third-order valence-corrected chi connectivity index (χ3v) is 16.0. The van der Waals surface area contributed by atoms with Crippen LogP contribution in [0, 0.1) is 20.8 Å². The minimum atomic E-state index is 0.719. The summed E-state index contributed by atoms with van der Waals surface area (Å²) in [7, 11) is 0. The molecular formula is C73H51N5. The van der Waals surface area contributed by atoms with Crippen LogP contribution in [0.5, 0.6) is 0 Å². The summed E-state index contributed by atoms with van der Waals surface area (Å²) in [4.78, 5) is 10.1. The van der Waals surface area contributed by atoms with Gasteiger partial charge in [-0.15, -0.1) is 0 Å². The second kappa shape index (κ2) is 18.0. The molecule has 0 amide bonds. The lowest BCUT2D eigenvalue weighted by Crippen LogP contribution is -1.97. The van der Waals surface area contributed by atoms with Gasteiger partial charge in [0.15, 0.2) is 5.82 Å². The first-order valence-corrected chi connectivity index (χ1v) is 26.8. The third kappa shape index (κ3) is 7.46. The van der Waals surface area contributed by atoms with E-state index < -0.39 is 0 Å². The summed E-state index contributed by atoms with van der Waals surface area (Å²) < 4.78 is 7.30. The molecule has 5 nitrogen and oxygen atoms in total. The summed E-state index contributed by atoms with van der Waals surface area (Å²) in [6.45, 7) is 6.45. The molecule has 15 rings (SSSR count). The van der Waals surface area contributed by atoms with Gasteiger partial charge in [-0.3, -0.25) is 0 Å². The van der Waals surface area contributed by atoms with Crippen LogP contribution in [0.25, 0.3) is 139 Å². The molecular weight excluding hydrogens is 947 g/mol. The molecule has 4 heterocycles. The molecule has 15 aromatic rings. The van der Waals surface area contributed by atoms with Gasteiger partial charge >= 0.3 is 0 Å². The largest absolute Gasteiger partial charge is 0.309 e. The molecule has 0 atom stereocenters. The number of hydrogen-bond donors (Lipinski definition) is 0. The van der Waals surface area contributed by atoms with Gasteiger partial charge in [0.1, 0.15) is 0 Å². The van der Waals surface area contributed by atoms with E-state index in [-0.39, 0.29) is 0 Å². The third-order valence-electron chi connectivity index (χ3n) is 16.0. The van der Waals surface area contributed by atoms with Crippen LogP contribution in [0.4, 0.5) is 0 Å². The quantitative estimate of drug-likeness (QED) is 0.152. The van der Waals surface area contributed by atoms with E-state index >= 15 is 0 Å². The Morgan fingerprint density at radius 1 is 0.256 bits per heavy atom. The molecule has 0 aliphatic rings. The topological polar surface area (TPSA) is 40.6 Å². The smallest absolute Gasteiger partial charge is 0.160 e. The van der Waals surface area contributed by atoms with E-state index in [0.29, 0.717) is 0 Å². The number of hydrogen-bond acceptors (Lipinski definition) is 2. The molecule has 0 aliphatic heterocycles. The lowest BCUT2D eigenvalue weighted by Gasteiger charge is -2.14. The molecule has 368 valence electrons. The van der Waals surface area contributed by atoms with Crippen molar-refractivity contribution in [2.45, 2.75) is 20.8 Å². The number of fused-ring (bicyclic) bond motifs is 9. The Balaban J connectivity index is 0.795. The number of rotatable bonds is 8. The molecule has 0 spiro atoms. The number of aromatic nitrogens is 5. The summed E-state index contributed by atoms with van der Waals surface area (Å²) >= 11 is 0. The van der Waals surface area contributed by atoms with Gasteiger partial charge in [0.05, 0.1) is 44.5 Å². The van der Waals surface area contributed by atoms with Crippen LogP contribution in [0.2, 0.25) is 0 Å². The van der Waals surface area contributed by atoms with Crippen molar-refractivity contribution in [2.24, 2.45) is 0 Å². The summed E-state index contributed by atoms with van der Waals surface area (Å²) in [6, 6.07) is 92.9. The highest BCUT2D eigenvalue weighted by Crippen LogP contribution is 2.41. The molecule has 0 saturated heterocycles. The van der Waals surface area contributed by atoms with Crippen molar-refractivity contribution in [2.75, 3.05) is 0 Å². The fourth-order valence-electron chi connectivity index (χ4n) is 12.0. The van der Waals surface area contributed by atoms with E-state index in [1.54, 1.807) is 0 Å². The first-order chi connectivity index (χ1) is 38.4. The highest BCUT2D eigenvalue weighted by Gasteiger charge is 2.20. The van der Waals surface area contributed by atoms with Crippen LogP contribution >= 0.6 is 0 Å². The van der Waals surface area contributed by atoms with Crippen molar-refractivity contribution >= 4 is 65.4 Å². The van der Waals surface area contributed by atoms with Crippen molar-refractivity contribution < 1.29 is 0 Å². The normalized spacial score (nSPS) is 11.8. The van der Waals surface area contributed by atoms with E-state index in [2.05, 4.69) is 289 Å². The number of nitrogens with zero attached hydrogens (tertiary/aromatic N) is 5. The van der Waals surface area contributed by atoms with Gasteiger partial charge in [0, 0.05) is 66.1 Å². The Morgan fingerprint density at radius 3 is 1.01 bits per heavy atom. The maximum absolute atomic E-state index is 5.10. The van der Waals surface area contributed by atoms with Gasteiger partial charge in [0.2, 0.25) is 0 Å². The molecule has 0 saturated carbocycles. The summed E-state index contributed by atoms with van der Waals surface area (Å²) in [5.41, 5.74) is 23.8. The Bertz CT molecular complexity index is 4500. The molecule has 0 unspecified atom stereocenters. The second-order valence-corrected chi connectivity index (χ2v) is 20.8. The lowest BCUT2D eigenvalue weighted by molar-refractivity contribution is 1.15. The van der Waals surface area contributed by atoms with E-state index in [9.17, 15) is 0 Å². The Labute approximate surface area is 452 Å². The Kier molecular flexibility index (Phi) is 10.5. The SMILES string of the molecule is Cc1ccc(-c2cc(-c3ccc(-c4ccc(-c5ccc(-n6c7ccc(-n8c9ccccc9c9ccccc98)cc7c7cc(-n8c9ccccc9c9ccccc98)ccc76)cc5C)cc4)cc3)nc(-c3ccc(C)cc3)n2)cc1. The van der Waals surface area contributed by atoms with Crippen LogP contribution in [-0.2, 0) is 0 Å². The van der Waals surface area contributed by atoms with Gasteiger partial charge in [-0.25, -0.2) is 9.97 Å². The van der Waals surface area contributed by atoms with Crippen molar-refractivity contribution in [3.63, 3.8) is 0 Å². The number of benzene rings is 11. The summed E-state index contributed by atoms with van der Waals surface area (Å²) in [5.74, 6) is 0.719. The lowest BCUT2D eigenvalue weighted by atomic mass is 9.96. The van der Waals surface area contributed by atoms with Crippen molar-refractivity contribution in [1.29, 1.82) is 0 Å². The molecule has 78 heavy (non-hydrogen) atoms. The number of aryl methyl sites for hydroxylation is 3. The molecule has 0 N–H and O–H groups in total. The number of para-hydroxylation sites is 4. The highest BCUT2D eigenvalue weighted by atomic mass is 15.0. The van der Waals surface area contributed by atoms with Crippen LogP contribution in [-0.4, -0.2) is 23.7 Å². The molecule has 11 aromatic carbocycles. The zero-order valence-electron chi connectivity index (χ0n) is 43.5. The summed E-state index contributed by atoms with van der Waals surface area (Å²) in [5, 5.41) is 7.42. The summed E-state index contributed by atoms with van der Waals surface area (Å²) in [6.07, 6.45) is 0. The van der Waals surface area contributed by atoms with Crippen LogP contribution in [0.15, 0.2) is 255 Å². The van der Waals surface area contributed by atoms with E-state index in [1.165, 1.54) is 82.2 Å². The minimum Gasteiger partial charge on any atom is -0.309 e. The first kappa shape index (κ1) is 45.3. The van der Waals surface area contributed by atoms with Crippen molar-refractivity contribution in [3.05, 3.63) is 271 Å². The Morgan fingerprint density at radius 2 is 0.590 bits per heavy atom. The van der Waals surface area contributed by atoms with E-state index in [0.717, 1.165) is 73.1 Å². The van der Waals surface area contributed by atoms with Gasteiger partial charge in [-0.05, 0) is 127 Å². The van der Waals surface area contributed by atoms with Crippen molar-refractivity contribution in [3.8, 4) is 73.2 Å². The predicted molar refractivity (Wildman–Crippen MR) is 326 cm³/mol. The fraction of sp³-hybridized carbons (Fsp3) is 0.0411. The average molecular weight is 998 g/mol. The zero-order chi connectivity index (χ0) is 52.0. The zero-order valence-corrected chi connectivity index (χ0v) is 43.5.